The molecule has 0 heterocycles. The van der Waals surface area contributed by atoms with E-state index in [-0.39, 0.29) is 6.42 Å². The molecule has 0 aliphatic rings. The van der Waals surface area contributed by atoms with Gasteiger partial charge in [-0.05, 0) is 26.8 Å². The summed E-state index contributed by atoms with van der Waals surface area (Å²) in [5.74, 6) is -0.433. The zero-order valence-corrected chi connectivity index (χ0v) is 8.86. The van der Waals surface area contributed by atoms with Crippen LogP contribution in [0.2, 0.25) is 0 Å². The van der Waals surface area contributed by atoms with Gasteiger partial charge in [0.05, 0.1) is 18.8 Å². The maximum atomic E-state index is 11.1. The van der Waals surface area contributed by atoms with Crippen molar-refractivity contribution in [3.63, 3.8) is 0 Å². The first-order valence-electron chi connectivity index (χ1n) is 4.69. The van der Waals surface area contributed by atoms with E-state index >= 15 is 0 Å². The summed E-state index contributed by atoms with van der Waals surface area (Å²) < 4.78 is 4.73. The number of hydrogen-bond acceptors (Lipinski definition) is 4. The second kappa shape index (κ2) is 6.56. The van der Waals surface area contributed by atoms with Crippen molar-refractivity contribution in [2.75, 3.05) is 6.61 Å². The smallest absolute Gasteiger partial charge is 0.333 e. The molecule has 0 aromatic carbocycles. The minimum absolute atomic E-state index is 0.219. The van der Waals surface area contributed by atoms with Crippen molar-refractivity contribution in [2.45, 2.75) is 39.4 Å². The highest BCUT2D eigenvalue weighted by Gasteiger charge is 2.09. The molecule has 0 aromatic heterocycles. The fourth-order valence-corrected chi connectivity index (χ4v) is 1.02. The lowest BCUT2D eigenvalue weighted by atomic mass is 10.1. The van der Waals surface area contributed by atoms with Crippen LogP contribution in [-0.2, 0) is 9.53 Å². The summed E-state index contributed by atoms with van der Waals surface area (Å²) in [6.45, 7) is 5.19. The third-order valence-corrected chi connectivity index (χ3v) is 1.62. The number of rotatable bonds is 5. The number of carbonyl (C=O) groups is 1. The van der Waals surface area contributed by atoms with E-state index < -0.39 is 18.2 Å². The lowest BCUT2D eigenvalue weighted by Crippen LogP contribution is -2.15. The average molecular weight is 202 g/mol. The highest BCUT2D eigenvalue weighted by atomic mass is 16.5. The van der Waals surface area contributed by atoms with E-state index in [1.165, 1.54) is 6.08 Å². The molecule has 4 nitrogen and oxygen atoms in total. The summed E-state index contributed by atoms with van der Waals surface area (Å²) >= 11 is 0. The van der Waals surface area contributed by atoms with Gasteiger partial charge in [-0.1, -0.05) is 0 Å². The molecule has 0 radical (unpaired) electrons. The Morgan fingerprint density at radius 1 is 1.50 bits per heavy atom. The summed E-state index contributed by atoms with van der Waals surface area (Å²) in [6, 6.07) is 0. The topological polar surface area (TPSA) is 66.8 Å². The van der Waals surface area contributed by atoms with Crippen LogP contribution in [0.4, 0.5) is 0 Å². The van der Waals surface area contributed by atoms with Gasteiger partial charge >= 0.3 is 5.97 Å². The Labute approximate surface area is 84.2 Å². The van der Waals surface area contributed by atoms with Gasteiger partial charge in [0, 0.05) is 12.0 Å². The summed E-state index contributed by atoms with van der Waals surface area (Å²) in [5, 5.41) is 18.3. The molecule has 0 saturated heterocycles. The monoisotopic (exact) mass is 202 g/mol. The second-order valence-corrected chi connectivity index (χ2v) is 3.22. The first-order valence-corrected chi connectivity index (χ1v) is 4.69. The molecule has 82 valence electrons. The predicted molar refractivity (Wildman–Crippen MR) is 52.7 cm³/mol. The quantitative estimate of drug-likeness (QED) is 0.507. The van der Waals surface area contributed by atoms with Crippen molar-refractivity contribution >= 4 is 5.97 Å². The molecule has 0 aliphatic carbocycles. The van der Waals surface area contributed by atoms with E-state index in [9.17, 15) is 9.90 Å². The van der Waals surface area contributed by atoms with E-state index in [1.807, 2.05) is 0 Å². The van der Waals surface area contributed by atoms with Gasteiger partial charge in [0.2, 0.25) is 0 Å². The number of esters is 1. The Kier molecular flexibility index (Phi) is 6.16. The third kappa shape index (κ3) is 5.72. The highest BCUT2D eigenvalue weighted by molar-refractivity contribution is 5.87. The molecule has 0 amide bonds. The van der Waals surface area contributed by atoms with Gasteiger partial charge in [-0.25, -0.2) is 4.79 Å². The van der Waals surface area contributed by atoms with Crippen molar-refractivity contribution in [1.29, 1.82) is 0 Å². The fourth-order valence-electron chi connectivity index (χ4n) is 1.02. The summed E-state index contributed by atoms with van der Waals surface area (Å²) in [7, 11) is 0. The van der Waals surface area contributed by atoms with Crippen molar-refractivity contribution in [2.24, 2.45) is 0 Å². The molecule has 2 atom stereocenters. The van der Waals surface area contributed by atoms with Crippen LogP contribution in [0.1, 0.15) is 27.2 Å². The highest BCUT2D eigenvalue weighted by Crippen LogP contribution is 2.04. The number of aliphatic hydroxyl groups excluding tert-OH is 2. The zero-order valence-electron chi connectivity index (χ0n) is 8.86. The molecule has 0 rings (SSSR count). The van der Waals surface area contributed by atoms with Crippen molar-refractivity contribution in [3.05, 3.63) is 11.6 Å². The van der Waals surface area contributed by atoms with Gasteiger partial charge in [-0.15, -0.1) is 0 Å². The molecular formula is C10H18O4. The number of hydrogen-bond donors (Lipinski definition) is 2. The van der Waals surface area contributed by atoms with E-state index in [0.717, 1.165) is 0 Å². The van der Waals surface area contributed by atoms with Crippen LogP contribution in [0, 0.1) is 0 Å². The number of aliphatic hydroxyl groups is 2. The minimum atomic E-state index is -0.806. The first-order chi connectivity index (χ1) is 6.47. The minimum Gasteiger partial charge on any atom is -0.463 e. The maximum absolute atomic E-state index is 11.1. The van der Waals surface area contributed by atoms with E-state index in [2.05, 4.69) is 0 Å². The van der Waals surface area contributed by atoms with Crippen LogP contribution in [0.25, 0.3) is 0 Å². The lowest BCUT2D eigenvalue weighted by Gasteiger charge is -2.09. The van der Waals surface area contributed by atoms with Crippen LogP contribution >= 0.6 is 0 Å². The van der Waals surface area contributed by atoms with E-state index in [0.29, 0.717) is 12.2 Å². The van der Waals surface area contributed by atoms with Gasteiger partial charge in [0.1, 0.15) is 0 Å². The van der Waals surface area contributed by atoms with E-state index in [1.54, 1.807) is 20.8 Å². The Morgan fingerprint density at radius 3 is 2.50 bits per heavy atom. The number of ether oxygens (including phenoxy) is 1. The molecule has 0 saturated carbocycles. The predicted octanol–water partition coefficient (Wildman–Crippen LogP) is 0.628. The molecule has 0 bridgehead atoms. The molecule has 4 heteroatoms. The van der Waals surface area contributed by atoms with Crippen LogP contribution in [0.3, 0.4) is 0 Å². The largest absolute Gasteiger partial charge is 0.463 e. The first kappa shape index (κ1) is 13.1. The summed E-state index contributed by atoms with van der Waals surface area (Å²) in [6.07, 6.45) is 0.220. The molecule has 0 fully saturated rings. The normalized spacial score (nSPS) is 16.2. The molecule has 2 N–H and O–H groups in total. The zero-order chi connectivity index (χ0) is 11.1. The average Bonchev–Trinajstić information content (AvgIpc) is 2.02. The summed E-state index contributed by atoms with van der Waals surface area (Å²) in [4.78, 5) is 11.1. The maximum Gasteiger partial charge on any atom is 0.333 e. The Bertz CT molecular complexity index is 208. The fraction of sp³-hybridized carbons (Fsp3) is 0.700. The van der Waals surface area contributed by atoms with Crippen molar-refractivity contribution < 1.29 is 19.7 Å². The lowest BCUT2D eigenvalue weighted by molar-refractivity contribution is -0.138. The molecule has 0 unspecified atom stereocenters. The summed E-state index contributed by atoms with van der Waals surface area (Å²) in [5.41, 5.74) is 0.361. The molecule has 14 heavy (non-hydrogen) atoms. The van der Waals surface area contributed by atoms with Gasteiger partial charge in [-0.3, -0.25) is 0 Å². The van der Waals surface area contributed by atoms with E-state index in [4.69, 9.17) is 9.84 Å². The van der Waals surface area contributed by atoms with Gasteiger partial charge in [0.25, 0.3) is 0 Å². The van der Waals surface area contributed by atoms with Crippen LogP contribution in [0.5, 0.6) is 0 Å². The Morgan fingerprint density at radius 2 is 2.07 bits per heavy atom. The SMILES string of the molecule is CCOC(=O)/C(C)=C/[C@@H](O)C[C@@H](C)O. The Balaban J connectivity index is 4.14. The van der Waals surface area contributed by atoms with Crippen molar-refractivity contribution in [1.82, 2.24) is 0 Å². The third-order valence-electron chi connectivity index (χ3n) is 1.62. The van der Waals surface area contributed by atoms with Gasteiger partial charge in [-0.2, -0.15) is 0 Å². The van der Waals surface area contributed by atoms with Gasteiger partial charge < -0.3 is 14.9 Å². The molecule has 0 aliphatic heterocycles. The van der Waals surface area contributed by atoms with Crippen LogP contribution in [-0.4, -0.2) is 35.0 Å². The van der Waals surface area contributed by atoms with Crippen LogP contribution < -0.4 is 0 Å². The Hall–Kier alpha value is -0.870. The van der Waals surface area contributed by atoms with Crippen LogP contribution in [0.15, 0.2) is 11.6 Å². The number of carbonyl (C=O) groups excluding carboxylic acids is 1. The molecular weight excluding hydrogens is 184 g/mol. The standard InChI is InChI=1S/C10H18O4/c1-4-14-10(13)7(2)5-9(12)6-8(3)11/h5,8-9,11-12H,4,6H2,1-3H3/b7-5+/t8-,9-/m1/s1. The molecule has 0 spiro atoms. The molecule has 0 aromatic rings. The van der Waals surface area contributed by atoms with Gasteiger partial charge in [0.15, 0.2) is 0 Å². The van der Waals surface area contributed by atoms with Crippen molar-refractivity contribution in [3.8, 4) is 0 Å². The second-order valence-electron chi connectivity index (χ2n) is 3.22.